The molecule has 0 bridgehead atoms. The molecular weight excluding hydrogens is 540 g/mol. The Morgan fingerprint density at radius 2 is 1.82 bits per heavy atom. The van der Waals surface area contributed by atoms with Crippen molar-refractivity contribution in [3.05, 3.63) is 59.6 Å². The third-order valence-corrected chi connectivity index (χ3v) is 9.32. The molecule has 39 heavy (non-hydrogen) atoms. The van der Waals surface area contributed by atoms with Crippen molar-refractivity contribution in [2.75, 3.05) is 13.1 Å². The second kappa shape index (κ2) is 13.8. The van der Waals surface area contributed by atoms with Crippen molar-refractivity contribution in [1.29, 1.82) is 0 Å². The molecule has 0 aliphatic carbocycles. The van der Waals surface area contributed by atoms with Gasteiger partial charge < -0.3 is 20.9 Å². The number of primary amides is 1. The number of aromatic nitrogens is 1. The smallest absolute Gasteiger partial charge is 0.408 e. The number of sulfonamides is 1. The molecule has 2 aromatic carbocycles. The SMILES string of the molecule is CCC(CC)CN(C[C@@H](O)C(Cc1ccccc1)NC(=O)O[C@H](C)C(N)=O)S(=O)(=O)c1ccc2ncsc2c1. The summed E-state index contributed by atoms with van der Waals surface area (Å²) in [4.78, 5) is 28.2. The fraction of sp³-hybridized carbons (Fsp3) is 0.444. The first-order chi connectivity index (χ1) is 18.5. The quantitative estimate of drug-likeness (QED) is 0.266. The zero-order valence-corrected chi connectivity index (χ0v) is 24.0. The van der Waals surface area contributed by atoms with E-state index >= 15 is 0 Å². The molecule has 0 spiro atoms. The van der Waals surface area contributed by atoms with Gasteiger partial charge in [-0.3, -0.25) is 4.79 Å². The Kier molecular flexibility index (Phi) is 10.8. The van der Waals surface area contributed by atoms with Crippen molar-refractivity contribution in [2.45, 2.75) is 63.2 Å². The number of ether oxygens (including phenoxy) is 1. The highest BCUT2D eigenvalue weighted by Crippen LogP contribution is 2.26. The molecule has 0 radical (unpaired) electrons. The van der Waals surface area contributed by atoms with Crippen LogP contribution in [0.4, 0.5) is 4.79 Å². The molecule has 3 rings (SSSR count). The summed E-state index contributed by atoms with van der Waals surface area (Å²) < 4.78 is 34.8. The van der Waals surface area contributed by atoms with Crippen molar-refractivity contribution in [3.8, 4) is 0 Å². The Morgan fingerprint density at radius 1 is 1.13 bits per heavy atom. The van der Waals surface area contributed by atoms with Crippen LogP contribution in [0.5, 0.6) is 0 Å². The van der Waals surface area contributed by atoms with Gasteiger partial charge in [0.15, 0.2) is 6.10 Å². The molecule has 212 valence electrons. The normalized spacial score (nSPS) is 14.3. The number of carbonyl (C=O) groups is 2. The van der Waals surface area contributed by atoms with Gasteiger partial charge in [-0.25, -0.2) is 18.2 Å². The molecule has 12 heteroatoms. The molecule has 0 aliphatic heterocycles. The van der Waals surface area contributed by atoms with Crippen LogP contribution in [0.1, 0.15) is 39.2 Å². The minimum Gasteiger partial charge on any atom is -0.436 e. The van der Waals surface area contributed by atoms with Crippen LogP contribution in [-0.2, 0) is 26.0 Å². The number of fused-ring (bicyclic) bond motifs is 1. The van der Waals surface area contributed by atoms with Crippen LogP contribution in [0.3, 0.4) is 0 Å². The van der Waals surface area contributed by atoms with Gasteiger partial charge in [-0.15, -0.1) is 11.3 Å². The molecule has 4 N–H and O–H groups in total. The molecule has 3 atom stereocenters. The lowest BCUT2D eigenvalue weighted by molar-refractivity contribution is -0.125. The van der Waals surface area contributed by atoms with E-state index in [4.69, 9.17) is 10.5 Å². The van der Waals surface area contributed by atoms with Gasteiger partial charge in [0.1, 0.15) is 0 Å². The first-order valence-electron chi connectivity index (χ1n) is 12.9. The Morgan fingerprint density at radius 3 is 2.46 bits per heavy atom. The Bertz CT molecular complexity index is 1340. The minimum absolute atomic E-state index is 0.0704. The van der Waals surface area contributed by atoms with Gasteiger partial charge >= 0.3 is 6.09 Å². The molecule has 1 aromatic heterocycles. The second-order valence-electron chi connectivity index (χ2n) is 9.44. The number of hydrogen-bond acceptors (Lipinski definition) is 8. The maximum atomic E-state index is 13.9. The van der Waals surface area contributed by atoms with Gasteiger partial charge in [-0.05, 0) is 43.0 Å². The first-order valence-corrected chi connectivity index (χ1v) is 15.2. The predicted octanol–water partition coefficient (Wildman–Crippen LogP) is 3.30. The molecule has 0 aliphatic rings. The van der Waals surface area contributed by atoms with Crippen LogP contribution in [-0.4, -0.2) is 66.2 Å². The molecule has 0 saturated heterocycles. The number of benzene rings is 2. The zero-order chi connectivity index (χ0) is 28.6. The van der Waals surface area contributed by atoms with E-state index < -0.39 is 40.3 Å². The standard InChI is InChI=1S/C27H36N4O6S2/c1-4-19(5-2)15-31(39(35,36)21-11-12-22-25(14-21)38-17-29-22)16-24(32)23(13-20-9-7-6-8-10-20)30-27(34)37-18(3)26(28)33/h6-12,14,17-19,23-24,32H,4-5,13,15-16H2,1-3H3,(H2,28,33)(H,30,34)/t18-,23?,24-/m1/s1. The molecule has 0 saturated carbocycles. The Labute approximate surface area is 233 Å². The van der Waals surface area contributed by atoms with E-state index in [1.54, 1.807) is 17.6 Å². The first kappa shape index (κ1) is 30.5. The van der Waals surface area contributed by atoms with E-state index in [0.717, 1.165) is 23.1 Å². The van der Waals surface area contributed by atoms with Gasteiger partial charge in [0.2, 0.25) is 10.0 Å². The monoisotopic (exact) mass is 576 g/mol. The maximum Gasteiger partial charge on any atom is 0.408 e. The van der Waals surface area contributed by atoms with Crippen molar-refractivity contribution in [2.24, 2.45) is 11.7 Å². The van der Waals surface area contributed by atoms with Crippen LogP contribution in [0.2, 0.25) is 0 Å². The third-order valence-electron chi connectivity index (χ3n) is 6.70. The molecule has 2 amide bonds. The number of carbonyl (C=O) groups excluding carboxylic acids is 2. The van der Waals surface area contributed by atoms with E-state index in [0.29, 0.717) is 5.52 Å². The van der Waals surface area contributed by atoms with Crippen LogP contribution in [0.15, 0.2) is 58.9 Å². The number of alkyl carbamates (subject to hydrolysis) is 1. The number of aliphatic hydroxyl groups is 1. The highest BCUT2D eigenvalue weighted by molar-refractivity contribution is 7.89. The Balaban J connectivity index is 1.90. The number of rotatable bonds is 14. The minimum atomic E-state index is -4.00. The van der Waals surface area contributed by atoms with E-state index in [9.17, 15) is 23.1 Å². The molecule has 1 unspecified atom stereocenters. The van der Waals surface area contributed by atoms with E-state index in [1.165, 1.54) is 28.6 Å². The van der Waals surface area contributed by atoms with Crippen molar-refractivity contribution >= 4 is 43.6 Å². The van der Waals surface area contributed by atoms with Gasteiger partial charge in [0, 0.05) is 13.1 Å². The summed E-state index contributed by atoms with van der Waals surface area (Å²) in [5.41, 5.74) is 8.38. The van der Waals surface area contributed by atoms with Gasteiger partial charge in [-0.2, -0.15) is 4.31 Å². The third kappa shape index (κ3) is 8.21. The molecule has 3 aromatic rings. The summed E-state index contributed by atoms with van der Waals surface area (Å²) in [6, 6.07) is 13.0. The second-order valence-corrected chi connectivity index (χ2v) is 12.3. The van der Waals surface area contributed by atoms with Crippen LogP contribution in [0.25, 0.3) is 10.2 Å². The lowest BCUT2D eigenvalue weighted by atomic mass is 10.0. The van der Waals surface area contributed by atoms with Gasteiger partial charge in [0.25, 0.3) is 5.91 Å². The maximum absolute atomic E-state index is 13.9. The van der Waals surface area contributed by atoms with Crippen molar-refractivity contribution in [3.63, 3.8) is 0 Å². The van der Waals surface area contributed by atoms with E-state index in [2.05, 4.69) is 10.3 Å². The highest BCUT2D eigenvalue weighted by atomic mass is 32.2. The molecule has 10 nitrogen and oxygen atoms in total. The predicted molar refractivity (Wildman–Crippen MR) is 151 cm³/mol. The van der Waals surface area contributed by atoms with E-state index in [-0.39, 0.29) is 30.3 Å². The average Bonchev–Trinajstić information content (AvgIpc) is 3.39. The number of aliphatic hydroxyl groups excluding tert-OH is 1. The van der Waals surface area contributed by atoms with Crippen LogP contribution >= 0.6 is 11.3 Å². The number of amides is 2. The summed E-state index contributed by atoms with van der Waals surface area (Å²) in [5, 5.41) is 14.0. The summed E-state index contributed by atoms with van der Waals surface area (Å²) in [7, 11) is -4.00. The van der Waals surface area contributed by atoms with Crippen LogP contribution < -0.4 is 11.1 Å². The topological polar surface area (TPSA) is 152 Å². The molecular formula is C27H36N4O6S2. The van der Waals surface area contributed by atoms with Crippen molar-refractivity contribution in [1.82, 2.24) is 14.6 Å². The lowest BCUT2D eigenvalue weighted by Crippen LogP contribution is -2.52. The zero-order valence-electron chi connectivity index (χ0n) is 22.3. The average molecular weight is 577 g/mol. The summed E-state index contributed by atoms with van der Waals surface area (Å²) in [6.07, 6.45) is -1.68. The Hall–Kier alpha value is -3.06. The van der Waals surface area contributed by atoms with Gasteiger partial charge in [0.05, 0.1) is 32.8 Å². The van der Waals surface area contributed by atoms with E-state index in [1.807, 2.05) is 44.2 Å². The number of nitrogens with two attached hydrogens (primary N) is 1. The largest absolute Gasteiger partial charge is 0.436 e. The molecule has 1 heterocycles. The van der Waals surface area contributed by atoms with Crippen LogP contribution in [0, 0.1) is 5.92 Å². The number of thiazole rings is 1. The highest BCUT2D eigenvalue weighted by Gasteiger charge is 2.33. The number of hydrogen-bond donors (Lipinski definition) is 3. The van der Waals surface area contributed by atoms with Gasteiger partial charge in [-0.1, -0.05) is 57.0 Å². The molecule has 0 fully saturated rings. The fourth-order valence-electron chi connectivity index (χ4n) is 4.14. The summed E-state index contributed by atoms with van der Waals surface area (Å²) >= 11 is 1.35. The number of nitrogens with zero attached hydrogens (tertiary/aromatic N) is 2. The summed E-state index contributed by atoms with van der Waals surface area (Å²) in [5.74, 6) is -0.744. The fourth-order valence-corrected chi connectivity index (χ4v) is 6.49. The summed E-state index contributed by atoms with van der Waals surface area (Å²) in [6.45, 7) is 5.27. The number of nitrogens with one attached hydrogen (secondary N) is 1. The lowest BCUT2D eigenvalue weighted by Gasteiger charge is -2.31. The van der Waals surface area contributed by atoms with Crippen molar-refractivity contribution < 1.29 is 27.9 Å².